The highest BCUT2D eigenvalue weighted by atomic mass is 16.6. The van der Waals surface area contributed by atoms with Crippen LogP contribution in [0.5, 0.6) is 0 Å². The summed E-state index contributed by atoms with van der Waals surface area (Å²) in [5.41, 5.74) is 4.30. The van der Waals surface area contributed by atoms with E-state index >= 15 is 0 Å². The van der Waals surface area contributed by atoms with Gasteiger partial charge in [-0.05, 0) is 36.8 Å². The molecule has 0 atom stereocenters. The second kappa shape index (κ2) is 5.87. The van der Waals surface area contributed by atoms with Crippen molar-refractivity contribution in [3.8, 4) is 0 Å². The normalized spacial score (nSPS) is 11.5. The third-order valence-corrected chi connectivity index (χ3v) is 3.30. The number of carbonyl (C=O) groups excluding carboxylic acids is 1. The van der Waals surface area contributed by atoms with E-state index in [1.165, 1.54) is 6.08 Å². The summed E-state index contributed by atoms with van der Waals surface area (Å²) < 4.78 is 0. The number of pyridine rings is 1. The van der Waals surface area contributed by atoms with Gasteiger partial charge in [0.15, 0.2) is 0 Å². The van der Waals surface area contributed by atoms with E-state index in [-0.39, 0.29) is 11.5 Å². The Morgan fingerprint density at radius 3 is 3.00 bits per heavy atom. The molecule has 2 aromatic heterocycles. The number of hydrogen-bond donors (Lipinski definition) is 3. The van der Waals surface area contributed by atoms with Gasteiger partial charge >= 0.3 is 0 Å². The molecule has 0 unspecified atom stereocenters. The Morgan fingerprint density at radius 2 is 2.18 bits per heavy atom. The molecule has 1 aromatic carbocycles. The lowest BCUT2D eigenvalue weighted by Gasteiger charge is -2.02. The van der Waals surface area contributed by atoms with Gasteiger partial charge in [-0.1, -0.05) is 6.07 Å². The standard InChI is InChI=1S/C16H15N3O3/c1-2-22-19-14(20)6-4-10-3-5-13-12(9-10)11-7-8-17-15(11)16(21)18-13/h3-9,17H,2H2,1H3,(H,18,21)(H,19,20). The molecule has 0 saturated heterocycles. The van der Waals surface area contributed by atoms with E-state index in [9.17, 15) is 9.59 Å². The van der Waals surface area contributed by atoms with Gasteiger partial charge in [-0.2, -0.15) is 0 Å². The topological polar surface area (TPSA) is 87.0 Å². The fourth-order valence-electron chi connectivity index (χ4n) is 2.31. The Kier molecular flexibility index (Phi) is 3.76. The second-order valence-electron chi connectivity index (χ2n) is 4.76. The average Bonchev–Trinajstić information content (AvgIpc) is 3.02. The first kappa shape index (κ1) is 14.1. The molecule has 112 valence electrons. The van der Waals surface area contributed by atoms with Gasteiger partial charge in [0, 0.05) is 28.6 Å². The maximum absolute atomic E-state index is 11.9. The van der Waals surface area contributed by atoms with Crippen molar-refractivity contribution in [2.45, 2.75) is 6.92 Å². The minimum atomic E-state index is -0.324. The Morgan fingerprint density at radius 1 is 1.32 bits per heavy atom. The van der Waals surface area contributed by atoms with Crippen LogP contribution in [0.25, 0.3) is 27.9 Å². The van der Waals surface area contributed by atoms with Crippen molar-refractivity contribution in [3.05, 3.63) is 52.5 Å². The predicted octanol–water partition coefficient (Wildman–Crippen LogP) is 2.09. The molecule has 2 heterocycles. The van der Waals surface area contributed by atoms with Crippen LogP contribution in [0, 0.1) is 0 Å². The van der Waals surface area contributed by atoms with E-state index in [0.29, 0.717) is 12.1 Å². The zero-order chi connectivity index (χ0) is 15.5. The summed E-state index contributed by atoms with van der Waals surface area (Å²) in [7, 11) is 0. The number of nitrogens with one attached hydrogen (secondary N) is 3. The molecule has 6 heteroatoms. The van der Waals surface area contributed by atoms with Gasteiger partial charge in [0.2, 0.25) is 0 Å². The highest BCUT2D eigenvalue weighted by Gasteiger charge is 2.06. The van der Waals surface area contributed by atoms with Crippen molar-refractivity contribution < 1.29 is 9.63 Å². The van der Waals surface area contributed by atoms with E-state index in [1.54, 1.807) is 19.2 Å². The van der Waals surface area contributed by atoms with Crippen molar-refractivity contribution in [3.63, 3.8) is 0 Å². The monoisotopic (exact) mass is 297 g/mol. The van der Waals surface area contributed by atoms with Crippen LogP contribution in [-0.2, 0) is 9.63 Å². The van der Waals surface area contributed by atoms with Gasteiger partial charge in [-0.25, -0.2) is 5.48 Å². The van der Waals surface area contributed by atoms with Gasteiger partial charge in [-0.15, -0.1) is 0 Å². The van der Waals surface area contributed by atoms with Crippen LogP contribution in [-0.4, -0.2) is 22.5 Å². The number of rotatable bonds is 4. The SMILES string of the molecule is CCONC(=O)C=Cc1ccc2[nH]c(=O)c3[nH]ccc3c2c1. The largest absolute Gasteiger partial charge is 0.357 e. The van der Waals surface area contributed by atoms with E-state index in [2.05, 4.69) is 15.4 Å². The van der Waals surface area contributed by atoms with Crippen LogP contribution in [0.15, 0.2) is 41.3 Å². The van der Waals surface area contributed by atoms with Crippen LogP contribution in [0.3, 0.4) is 0 Å². The second-order valence-corrected chi connectivity index (χ2v) is 4.76. The Balaban J connectivity index is 1.99. The Bertz CT molecular complexity index is 921. The van der Waals surface area contributed by atoms with Gasteiger partial charge in [0.1, 0.15) is 5.52 Å². The molecule has 1 amide bonds. The van der Waals surface area contributed by atoms with Crippen molar-refractivity contribution in [2.24, 2.45) is 0 Å². The Hall–Kier alpha value is -2.86. The van der Waals surface area contributed by atoms with E-state index < -0.39 is 0 Å². The van der Waals surface area contributed by atoms with E-state index in [1.807, 2.05) is 24.3 Å². The van der Waals surface area contributed by atoms with Gasteiger partial charge < -0.3 is 9.97 Å². The Labute approximate surface area is 125 Å². The highest BCUT2D eigenvalue weighted by Crippen LogP contribution is 2.22. The lowest BCUT2D eigenvalue weighted by Crippen LogP contribution is -2.20. The quantitative estimate of drug-likeness (QED) is 0.509. The molecular weight excluding hydrogens is 282 g/mol. The molecule has 0 spiro atoms. The number of benzene rings is 1. The highest BCUT2D eigenvalue weighted by molar-refractivity contribution is 6.05. The summed E-state index contributed by atoms with van der Waals surface area (Å²) in [6, 6.07) is 7.44. The van der Waals surface area contributed by atoms with Crippen molar-refractivity contribution in [2.75, 3.05) is 6.61 Å². The summed E-state index contributed by atoms with van der Waals surface area (Å²) in [5, 5.41) is 1.77. The van der Waals surface area contributed by atoms with Crippen LogP contribution in [0.2, 0.25) is 0 Å². The summed E-state index contributed by atoms with van der Waals surface area (Å²) in [6.45, 7) is 2.20. The first-order valence-corrected chi connectivity index (χ1v) is 6.92. The van der Waals surface area contributed by atoms with Crippen molar-refractivity contribution in [1.29, 1.82) is 0 Å². The molecule has 6 nitrogen and oxygen atoms in total. The maximum atomic E-state index is 11.9. The van der Waals surface area contributed by atoms with Gasteiger partial charge in [0.05, 0.1) is 6.61 Å². The molecule has 0 aliphatic rings. The fourth-order valence-corrected chi connectivity index (χ4v) is 2.31. The fraction of sp³-hybridized carbons (Fsp3) is 0.125. The zero-order valence-electron chi connectivity index (χ0n) is 12.0. The molecule has 0 aliphatic carbocycles. The molecule has 0 aliphatic heterocycles. The molecule has 3 aromatic rings. The summed E-state index contributed by atoms with van der Waals surface area (Å²) in [6.07, 6.45) is 4.83. The van der Waals surface area contributed by atoms with E-state index in [4.69, 9.17) is 4.84 Å². The summed E-state index contributed by atoms with van der Waals surface area (Å²) in [5.74, 6) is -0.324. The number of H-pyrrole nitrogens is 2. The maximum Gasteiger partial charge on any atom is 0.272 e. The van der Waals surface area contributed by atoms with Gasteiger partial charge in [-0.3, -0.25) is 14.4 Å². The molecule has 0 fully saturated rings. The molecular formula is C16H15N3O3. The third-order valence-electron chi connectivity index (χ3n) is 3.30. The molecule has 0 radical (unpaired) electrons. The van der Waals surface area contributed by atoms with Crippen molar-refractivity contribution >= 4 is 33.8 Å². The molecule has 0 bridgehead atoms. The predicted molar refractivity (Wildman–Crippen MR) is 85.2 cm³/mol. The number of hydrogen-bond acceptors (Lipinski definition) is 3. The van der Waals surface area contributed by atoms with Crippen LogP contribution in [0.4, 0.5) is 0 Å². The molecule has 3 rings (SSSR count). The van der Waals surface area contributed by atoms with Crippen LogP contribution < -0.4 is 11.0 Å². The first-order chi connectivity index (χ1) is 10.7. The molecule has 0 saturated carbocycles. The lowest BCUT2D eigenvalue weighted by molar-refractivity contribution is -0.127. The first-order valence-electron chi connectivity index (χ1n) is 6.92. The number of carbonyl (C=O) groups is 1. The lowest BCUT2D eigenvalue weighted by atomic mass is 10.1. The number of hydroxylamine groups is 1. The summed E-state index contributed by atoms with van der Waals surface area (Å²) in [4.78, 5) is 33.9. The van der Waals surface area contributed by atoms with Gasteiger partial charge in [0.25, 0.3) is 11.5 Å². The number of aromatic nitrogens is 2. The molecule has 3 N–H and O–H groups in total. The minimum absolute atomic E-state index is 0.146. The smallest absolute Gasteiger partial charge is 0.272 e. The van der Waals surface area contributed by atoms with Crippen LogP contribution in [0.1, 0.15) is 12.5 Å². The summed E-state index contributed by atoms with van der Waals surface area (Å²) >= 11 is 0. The third kappa shape index (κ3) is 2.64. The van der Waals surface area contributed by atoms with E-state index in [0.717, 1.165) is 21.9 Å². The zero-order valence-corrected chi connectivity index (χ0v) is 12.0. The average molecular weight is 297 g/mol. The number of aromatic amines is 2. The number of amides is 1. The minimum Gasteiger partial charge on any atom is -0.357 e. The van der Waals surface area contributed by atoms with Crippen molar-refractivity contribution in [1.82, 2.24) is 15.4 Å². The number of fused-ring (bicyclic) bond motifs is 3. The van der Waals surface area contributed by atoms with Crippen LogP contribution >= 0.6 is 0 Å². The molecule has 22 heavy (non-hydrogen) atoms.